The maximum atomic E-state index is 11.7. The average molecular weight is 288 g/mol. The molecule has 21 heavy (non-hydrogen) atoms. The fraction of sp³-hybridized carbons (Fsp3) is 0.375. The Morgan fingerprint density at radius 1 is 1.24 bits per heavy atom. The molecule has 2 rings (SSSR count). The fourth-order valence-electron chi connectivity index (χ4n) is 1.79. The number of rotatable bonds is 5. The lowest BCUT2D eigenvalue weighted by Gasteiger charge is -2.08. The summed E-state index contributed by atoms with van der Waals surface area (Å²) in [4.78, 5) is 15.9. The molecule has 1 N–H and O–H groups in total. The summed E-state index contributed by atoms with van der Waals surface area (Å²) in [5.41, 5.74) is 3.17. The van der Waals surface area contributed by atoms with Crippen molar-refractivity contribution < 1.29 is 13.9 Å². The van der Waals surface area contributed by atoms with Gasteiger partial charge in [-0.25, -0.2) is 4.98 Å². The highest BCUT2D eigenvalue weighted by Crippen LogP contribution is 2.16. The third kappa shape index (κ3) is 4.08. The van der Waals surface area contributed by atoms with Crippen LogP contribution in [0.4, 0.5) is 0 Å². The van der Waals surface area contributed by atoms with Crippen LogP contribution in [0.5, 0.6) is 5.75 Å². The van der Waals surface area contributed by atoms with Gasteiger partial charge in [0.05, 0.1) is 12.2 Å². The van der Waals surface area contributed by atoms with Gasteiger partial charge in [0.15, 0.2) is 6.61 Å². The molecule has 0 aliphatic rings. The van der Waals surface area contributed by atoms with Gasteiger partial charge in [0.2, 0.25) is 5.89 Å². The van der Waals surface area contributed by atoms with Gasteiger partial charge in [0.25, 0.3) is 5.91 Å². The van der Waals surface area contributed by atoms with Crippen molar-refractivity contribution in [1.82, 2.24) is 10.3 Å². The SMILES string of the molecule is Cc1ccc(OCC(=O)NCc2nc(C)c(C)o2)cc1C. The summed E-state index contributed by atoms with van der Waals surface area (Å²) >= 11 is 0. The fourth-order valence-corrected chi connectivity index (χ4v) is 1.79. The molecule has 1 amide bonds. The number of hydrogen-bond acceptors (Lipinski definition) is 4. The molecule has 112 valence electrons. The van der Waals surface area contributed by atoms with Crippen molar-refractivity contribution in [2.24, 2.45) is 0 Å². The highest BCUT2D eigenvalue weighted by molar-refractivity contribution is 5.77. The monoisotopic (exact) mass is 288 g/mol. The van der Waals surface area contributed by atoms with E-state index in [4.69, 9.17) is 9.15 Å². The van der Waals surface area contributed by atoms with E-state index < -0.39 is 0 Å². The van der Waals surface area contributed by atoms with E-state index in [1.807, 2.05) is 45.9 Å². The van der Waals surface area contributed by atoms with Gasteiger partial charge in [0.1, 0.15) is 11.5 Å². The Hall–Kier alpha value is -2.30. The van der Waals surface area contributed by atoms with Gasteiger partial charge in [-0.2, -0.15) is 0 Å². The number of carbonyl (C=O) groups is 1. The van der Waals surface area contributed by atoms with Gasteiger partial charge in [-0.15, -0.1) is 0 Å². The van der Waals surface area contributed by atoms with Crippen molar-refractivity contribution in [3.05, 3.63) is 46.7 Å². The second-order valence-corrected chi connectivity index (χ2v) is 5.06. The van der Waals surface area contributed by atoms with E-state index in [0.29, 0.717) is 11.6 Å². The lowest BCUT2D eigenvalue weighted by Crippen LogP contribution is -2.28. The van der Waals surface area contributed by atoms with Crippen LogP contribution in [-0.2, 0) is 11.3 Å². The normalized spacial score (nSPS) is 10.5. The number of oxazole rings is 1. The van der Waals surface area contributed by atoms with Crippen LogP contribution in [0.3, 0.4) is 0 Å². The van der Waals surface area contributed by atoms with E-state index in [-0.39, 0.29) is 19.1 Å². The molecular weight excluding hydrogens is 268 g/mol. The maximum Gasteiger partial charge on any atom is 0.258 e. The number of amides is 1. The third-order valence-corrected chi connectivity index (χ3v) is 3.36. The number of aromatic nitrogens is 1. The van der Waals surface area contributed by atoms with Crippen LogP contribution in [0.15, 0.2) is 22.6 Å². The lowest BCUT2D eigenvalue weighted by molar-refractivity contribution is -0.123. The van der Waals surface area contributed by atoms with Gasteiger partial charge < -0.3 is 14.5 Å². The minimum Gasteiger partial charge on any atom is -0.484 e. The van der Waals surface area contributed by atoms with Crippen molar-refractivity contribution in [1.29, 1.82) is 0 Å². The maximum absolute atomic E-state index is 11.7. The van der Waals surface area contributed by atoms with E-state index in [9.17, 15) is 4.79 Å². The average Bonchev–Trinajstić information content (AvgIpc) is 2.77. The van der Waals surface area contributed by atoms with Crippen LogP contribution >= 0.6 is 0 Å². The largest absolute Gasteiger partial charge is 0.484 e. The van der Waals surface area contributed by atoms with Crippen LogP contribution in [0.25, 0.3) is 0 Å². The van der Waals surface area contributed by atoms with E-state index in [1.54, 1.807) is 0 Å². The highest BCUT2D eigenvalue weighted by atomic mass is 16.5. The standard InChI is InChI=1S/C16H20N2O3/c1-10-5-6-14(7-11(10)2)20-9-15(19)17-8-16-18-12(3)13(4)21-16/h5-7H,8-9H2,1-4H3,(H,17,19). The summed E-state index contributed by atoms with van der Waals surface area (Å²) in [6.07, 6.45) is 0. The molecule has 0 bridgehead atoms. The van der Waals surface area contributed by atoms with E-state index in [1.165, 1.54) is 5.56 Å². The van der Waals surface area contributed by atoms with Gasteiger partial charge in [-0.05, 0) is 51.0 Å². The van der Waals surface area contributed by atoms with Crippen LogP contribution in [0.2, 0.25) is 0 Å². The molecule has 0 unspecified atom stereocenters. The van der Waals surface area contributed by atoms with Gasteiger partial charge in [-0.1, -0.05) is 6.07 Å². The molecule has 0 spiro atoms. The summed E-state index contributed by atoms with van der Waals surface area (Å²) < 4.78 is 10.8. The molecule has 0 atom stereocenters. The van der Waals surface area contributed by atoms with Crippen LogP contribution in [0.1, 0.15) is 28.5 Å². The molecule has 0 saturated carbocycles. The number of ether oxygens (including phenoxy) is 1. The molecule has 0 radical (unpaired) electrons. The minimum absolute atomic E-state index is 0.0266. The second-order valence-electron chi connectivity index (χ2n) is 5.06. The number of nitrogens with one attached hydrogen (secondary N) is 1. The Balaban J connectivity index is 1.80. The zero-order valence-corrected chi connectivity index (χ0v) is 12.8. The summed E-state index contributed by atoms with van der Waals surface area (Å²) in [6, 6.07) is 5.75. The Labute approximate surface area is 124 Å². The Morgan fingerprint density at radius 2 is 2.00 bits per heavy atom. The third-order valence-electron chi connectivity index (χ3n) is 3.36. The molecular formula is C16H20N2O3. The van der Waals surface area contributed by atoms with Crippen LogP contribution < -0.4 is 10.1 Å². The van der Waals surface area contributed by atoms with E-state index in [0.717, 1.165) is 17.0 Å². The number of aryl methyl sites for hydroxylation is 4. The van der Waals surface area contributed by atoms with Crippen LogP contribution in [-0.4, -0.2) is 17.5 Å². The smallest absolute Gasteiger partial charge is 0.258 e. The Bertz CT molecular complexity index is 627. The van der Waals surface area contributed by atoms with Crippen molar-refractivity contribution in [3.8, 4) is 5.75 Å². The number of hydrogen-bond donors (Lipinski definition) is 1. The Kier molecular flexibility index (Phi) is 4.62. The molecule has 2 aromatic rings. The molecule has 5 heteroatoms. The minimum atomic E-state index is -0.207. The molecule has 5 nitrogen and oxygen atoms in total. The summed E-state index contributed by atoms with van der Waals surface area (Å²) in [5.74, 6) is 1.76. The van der Waals surface area contributed by atoms with Gasteiger partial charge >= 0.3 is 0 Å². The number of benzene rings is 1. The second kappa shape index (κ2) is 6.43. The predicted molar refractivity (Wildman–Crippen MR) is 79.2 cm³/mol. The van der Waals surface area contributed by atoms with Gasteiger partial charge in [0, 0.05) is 0 Å². The van der Waals surface area contributed by atoms with E-state index in [2.05, 4.69) is 10.3 Å². The molecule has 0 saturated heterocycles. The topological polar surface area (TPSA) is 64.4 Å². The molecule has 0 fully saturated rings. The van der Waals surface area contributed by atoms with Crippen molar-refractivity contribution in [2.75, 3.05) is 6.61 Å². The van der Waals surface area contributed by atoms with E-state index >= 15 is 0 Å². The Morgan fingerprint density at radius 3 is 2.62 bits per heavy atom. The number of carbonyl (C=O) groups excluding carboxylic acids is 1. The summed E-state index contributed by atoms with van der Waals surface area (Å²) in [7, 11) is 0. The molecule has 1 heterocycles. The zero-order valence-electron chi connectivity index (χ0n) is 12.8. The molecule has 0 aliphatic heterocycles. The van der Waals surface area contributed by atoms with Crippen LogP contribution in [0, 0.1) is 27.7 Å². The first-order valence-corrected chi connectivity index (χ1v) is 6.85. The predicted octanol–water partition coefficient (Wildman–Crippen LogP) is 2.60. The summed E-state index contributed by atoms with van der Waals surface area (Å²) in [5, 5.41) is 2.72. The quantitative estimate of drug-likeness (QED) is 0.918. The van der Waals surface area contributed by atoms with Crippen molar-refractivity contribution >= 4 is 5.91 Å². The first-order valence-electron chi connectivity index (χ1n) is 6.85. The number of nitrogens with zero attached hydrogens (tertiary/aromatic N) is 1. The lowest BCUT2D eigenvalue weighted by atomic mass is 10.1. The van der Waals surface area contributed by atoms with Crippen molar-refractivity contribution in [2.45, 2.75) is 34.2 Å². The summed E-state index contributed by atoms with van der Waals surface area (Å²) in [6.45, 7) is 8.00. The highest BCUT2D eigenvalue weighted by Gasteiger charge is 2.08. The van der Waals surface area contributed by atoms with Gasteiger partial charge in [-0.3, -0.25) is 4.79 Å². The zero-order chi connectivity index (χ0) is 15.4. The first-order chi connectivity index (χ1) is 9.95. The first kappa shape index (κ1) is 15.1. The molecule has 0 aliphatic carbocycles. The molecule has 1 aromatic carbocycles. The molecule has 1 aromatic heterocycles. The van der Waals surface area contributed by atoms with Crippen molar-refractivity contribution in [3.63, 3.8) is 0 Å².